The van der Waals surface area contributed by atoms with Crippen molar-refractivity contribution in [1.29, 1.82) is 0 Å². The molecule has 0 aromatic rings. The van der Waals surface area contributed by atoms with Gasteiger partial charge < -0.3 is 14.6 Å². The smallest absolute Gasteiger partial charge is 0.306 e. The maximum atomic E-state index is 11.4. The van der Waals surface area contributed by atoms with Crippen LogP contribution in [0, 0.1) is 0 Å². The second kappa shape index (κ2) is 20.4. The standard InChI is InChI=1S/C22H42O4/c1-3-5-6-7-8-9-10-11-12-13-14-15-16-18-25-20-21(19-23)26-22(24)17-4-2/h8-9,21,23H,3-7,10-20H2,1-2H3/b9-8-. The maximum absolute atomic E-state index is 11.4. The Hall–Kier alpha value is -0.870. The maximum Gasteiger partial charge on any atom is 0.306 e. The number of aliphatic hydroxyl groups excluding tert-OH is 1. The monoisotopic (exact) mass is 370 g/mol. The zero-order valence-corrected chi connectivity index (χ0v) is 17.2. The fourth-order valence-corrected chi connectivity index (χ4v) is 2.71. The van der Waals surface area contributed by atoms with Crippen LogP contribution in [-0.2, 0) is 14.3 Å². The lowest BCUT2D eigenvalue weighted by Gasteiger charge is -2.15. The molecule has 154 valence electrons. The molecule has 0 aromatic carbocycles. The number of carbonyl (C=O) groups is 1. The second-order valence-corrected chi connectivity index (χ2v) is 7.00. The molecule has 0 radical (unpaired) electrons. The zero-order valence-electron chi connectivity index (χ0n) is 17.2. The Kier molecular flexibility index (Phi) is 19.8. The van der Waals surface area contributed by atoms with Crippen LogP contribution in [0.3, 0.4) is 0 Å². The minimum atomic E-state index is -0.524. The molecule has 26 heavy (non-hydrogen) atoms. The second-order valence-electron chi connectivity index (χ2n) is 7.00. The highest BCUT2D eigenvalue weighted by molar-refractivity contribution is 5.69. The number of hydrogen-bond acceptors (Lipinski definition) is 4. The topological polar surface area (TPSA) is 55.8 Å². The number of hydrogen-bond donors (Lipinski definition) is 1. The number of carbonyl (C=O) groups excluding carboxylic acids is 1. The third-order valence-corrected chi connectivity index (χ3v) is 4.31. The van der Waals surface area contributed by atoms with E-state index in [0.29, 0.717) is 13.0 Å². The summed E-state index contributed by atoms with van der Waals surface area (Å²) in [5, 5.41) is 9.20. The summed E-state index contributed by atoms with van der Waals surface area (Å²) in [5.74, 6) is -0.258. The van der Waals surface area contributed by atoms with E-state index in [9.17, 15) is 9.90 Å². The molecular formula is C22H42O4. The van der Waals surface area contributed by atoms with E-state index in [2.05, 4.69) is 19.1 Å². The van der Waals surface area contributed by atoms with Crippen molar-refractivity contribution < 1.29 is 19.4 Å². The first-order valence-corrected chi connectivity index (χ1v) is 10.8. The third-order valence-electron chi connectivity index (χ3n) is 4.31. The fourth-order valence-electron chi connectivity index (χ4n) is 2.71. The van der Waals surface area contributed by atoms with Gasteiger partial charge in [-0.25, -0.2) is 0 Å². The summed E-state index contributed by atoms with van der Waals surface area (Å²) in [5.41, 5.74) is 0. The van der Waals surface area contributed by atoms with Crippen LogP contribution in [0.5, 0.6) is 0 Å². The van der Waals surface area contributed by atoms with Crippen molar-refractivity contribution >= 4 is 5.97 Å². The molecule has 0 rings (SSSR count). The molecule has 4 heteroatoms. The van der Waals surface area contributed by atoms with Crippen molar-refractivity contribution in [3.05, 3.63) is 12.2 Å². The molecule has 0 saturated carbocycles. The Bertz CT molecular complexity index is 328. The van der Waals surface area contributed by atoms with Crippen LogP contribution >= 0.6 is 0 Å². The summed E-state index contributed by atoms with van der Waals surface area (Å²) in [7, 11) is 0. The molecule has 0 amide bonds. The van der Waals surface area contributed by atoms with Crippen molar-refractivity contribution in [1.82, 2.24) is 0 Å². The summed E-state index contributed by atoms with van der Waals surface area (Å²) < 4.78 is 10.7. The number of allylic oxidation sites excluding steroid dienone is 2. The summed E-state index contributed by atoms with van der Waals surface area (Å²) >= 11 is 0. The van der Waals surface area contributed by atoms with Crippen molar-refractivity contribution in [3.63, 3.8) is 0 Å². The first kappa shape index (κ1) is 25.1. The van der Waals surface area contributed by atoms with Gasteiger partial charge >= 0.3 is 5.97 Å². The van der Waals surface area contributed by atoms with E-state index in [0.717, 1.165) is 12.8 Å². The molecule has 0 aliphatic heterocycles. The van der Waals surface area contributed by atoms with Crippen LogP contribution in [0.25, 0.3) is 0 Å². The van der Waals surface area contributed by atoms with Gasteiger partial charge in [-0.2, -0.15) is 0 Å². The lowest BCUT2D eigenvalue weighted by molar-refractivity contribution is -0.154. The number of rotatable bonds is 19. The molecule has 0 fully saturated rings. The fraction of sp³-hybridized carbons (Fsp3) is 0.864. The largest absolute Gasteiger partial charge is 0.457 e. The van der Waals surface area contributed by atoms with Gasteiger partial charge in [0, 0.05) is 13.0 Å². The van der Waals surface area contributed by atoms with Gasteiger partial charge in [0.05, 0.1) is 13.2 Å². The van der Waals surface area contributed by atoms with Crippen molar-refractivity contribution in [2.24, 2.45) is 0 Å². The minimum absolute atomic E-state index is 0.178. The van der Waals surface area contributed by atoms with Crippen LogP contribution in [0.1, 0.15) is 97.3 Å². The Labute approximate surface area is 161 Å². The first-order chi connectivity index (χ1) is 12.7. The van der Waals surface area contributed by atoms with E-state index in [1.54, 1.807) is 0 Å². The summed E-state index contributed by atoms with van der Waals surface area (Å²) in [4.78, 5) is 11.4. The van der Waals surface area contributed by atoms with Gasteiger partial charge in [0.1, 0.15) is 6.10 Å². The van der Waals surface area contributed by atoms with E-state index in [-0.39, 0.29) is 19.2 Å². The lowest BCUT2D eigenvalue weighted by Crippen LogP contribution is -2.27. The van der Waals surface area contributed by atoms with Gasteiger partial charge in [-0.1, -0.05) is 64.5 Å². The van der Waals surface area contributed by atoms with Crippen LogP contribution in [0.4, 0.5) is 0 Å². The van der Waals surface area contributed by atoms with Crippen molar-refractivity contribution in [2.75, 3.05) is 19.8 Å². The zero-order chi connectivity index (χ0) is 19.3. The molecule has 0 aromatic heterocycles. The molecule has 1 unspecified atom stereocenters. The van der Waals surface area contributed by atoms with Gasteiger partial charge in [0.15, 0.2) is 0 Å². The summed E-state index contributed by atoms with van der Waals surface area (Å²) in [6.07, 6.45) is 19.1. The minimum Gasteiger partial charge on any atom is -0.457 e. The molecule has 0 aliphatic carbocycles. The van der Waals surface area contributed by atoms with Crippen LogP contribution in [0.2, 0.25) is 0 Å². The molecule has 0 bridgehead atoms. The Morgan fingerprint density at radius 3 is 2.12 bits per heavy atom. The van der Waals surface area contributed by atoms with Gasteiger partial charge in [0.25, 0.3) is 0 Å². The molecule has 4 nitrogen and oxygen atoms in total. The normalized spacial score (nSPS) is 12.6. The number of ether oxygens (including phenoxy) is 2. The summed E-state index contributed by atoms with van der Waals surface area (Å²) in [6, 6.07) is 0. The highest BCUT2D eigenvalue weighted by atomic mass is 16.6. The third kappa shape index (κ3) is 17.9. The van der Waals surface area contributed by atoms with Gasteiger partial charge in [-0.3, -0.25) is 4.79 Å². The van der Waals surface area contributed by atoms with Crippen LogP contribution < -0.4 is 0 Å². The average molecular weight is 371 g/mol. The van der Waals surface area contributed by atoms with Gasteiger partial charge in [-0.05, 0) is 38.5 Å². The number of unbranched alkanes of at least 4 members (excludes halogenated alkanes) is 9. The van der Waals surface area contributed by atoms with E-state index in [4.69, 9.17) is 9.47 Å². The molecule has 0 spiro atoms. The van der Waals surface area contributed by atoms with E-state index >= 15 is 0 Å². The lowest BCUT2D eigenvalue weighted by atomic mass is 10.1. The molecule has 0 heterocycles. The highest BCUT2D eigenvalue weighted by Crippen LogP contribution is 2.09. The molecule has 1 atom stereocenters. The Balaban J connectivity index is 3.33. The molecule has 0 saturated heterocycles. The Morgan fingerprint density at radius 1 is 0.885 bits per heavy atom. The first-order valence-electron chi connectivity index (χ1n) is 10.8. The number of aliphatic hydroxyl groups is 1. The SMILES string of the molecule is CCCCC/C=C\CCCCCCCCOCC(CO)OC(=O)CCC. The summed E-state index contributed by atoms with van der Waals surface area (Å²) in [6.45, 7) is 4.95. The van der Waals surface area contributed by atoms with Gasteiger partial charge in [0.2, 0.25) is 0 Å². The average Bonchev–Trinajstić information content (AvgIpc) is 2.64. The van der Waals surface area contributed by atoms with E-state index in [1.807, 2.05) is 6.92 Å². The van der Waals surface area contributed by atoms with Crippen molar-refractivity contribution in [2.45, 2.75) is 103 Å². The molecular weight excluding hydrogens is 328 g/mol. The predicted octanol–water partition coefficient (Wildman–Crippen LogP) is 5.57. The van der Waals surface area contributed by atoms with Gasteiger partial charge in [-0.15, -0.1) is 0 Å². The van der Waals surface area contributed by atoms with E-state index in [1.165, 1.54) is 64.2 Å². The molecule has 0 aliphatic rings. The van der Waals surface area contributed by atoms with Crippen LogP contribution in [-0.4, -0.2) is 37.0 Å². The highest BCUT2D eigenvalue weighted by Gasteiger charge is 2.12. The quantitative estimate of drug-likeness (QED) is 0.183. The van der Waals surface area contributed by atoms with Crippen LogP contribution in [0.15, 0.2) is 12.2 Å². The Morgan fingerprint density at radius 2 is 1.50 bits per heavy atom. The van der Waals surface area contributed by atoms with Crippen molar-refractivity contribution in [3.8, 4) is 0 Å². The molecule has 1 N–H and O–H groups in total. The predicted molar refractivity (Wildman–Crippen MR) is 108 cm³/mol. The number of esters is 1. The van der Waals surface area contributed by atoms with E-state index < -0.39 is 6.10 Å².